The summed E-state index contributed by atoms with van der Waals surface area (Å²) in [6.45, 7) is 8.18. The van der Waals surface area contributed by atoms with E-state index in [1.165, 1.54) is 4.90 Å². The molecule has 2 aromatic rings. The Hall–Kier alpha value is -2.30. The Kier molecular flexibility index (Phi) is 4.78. The second-order valence-electron chi connectivity index (χ2n) is 6.55. The summed E-state index contributed by atoms with van der Waals surface area (Å²) in [5.41, 5.74) is 2.89. The van der Waals surface area contributed by atoms with Crippen LogP contribution < -0.4 is 4.90 Å². The van der Waals surface area contributed by atoms with Gasteiger partial charge in [-0.25, -0.2) is 0 Å². The van der Waals surface area contributed by atoms with Crippen LogP contribution in [0.3, 0.4) is 0 Å². The quantitative estimate of drug-likeness (QED) is 0.937. The van der Waals surface area contributed by atoms with E-state index in [2.05, 4.69) is 18.9 Å². The van der Waals surface area contributed by atoms with Crippen molar-refractivity contribution in [2.24, 2.45) is 7.05 Å². The van der Waals surface area contributed by atoms with Crippen LogP contribution >= 0.6 is 0 Å². The molecule has 5 nitrogen and oxygen atoms in total. The van der Waals surface area contributed by atoms with Crippen molar-refractivity contribution in [3.8, 4) is 5.75 Å². The van der Waals surface area contributed by atoms with Gasteiger partial charge in [0, 0.05) is 20.3 Å². The lowest BCUT2D eigenvalue weighted by Gasteiger charge is -2.20. The van der Waals surface area contributed by atoms with Crippen molar-refractivity contribution < 1.29 is 9.90 Å². The minimum atomic E-state index is -0.236. The minimum absolute atomic E-state index is 0.0742. The SMILES string of the molecule is CC(C)c1cc(C(=O)N(C)c2cnn(C)c2)c(O)c(C(C)C)c1. The summed E-state index contributed by atoms with van der Waals surface area (Å²) >= 11 is 0. The molecule has 1 amide bonds. The summed E-state index contributed by atoms with van der Waals surface area (Å²) in [5, 5.41) is 14.7. The number of aromatic hydroxyl groups is 1. The number of hydrogen-bond acceptors (Lipinski definition) is 3. The topological polar surface area (TPSA) is 58.4 Å². The summed E-state index contributed by atoms with van der Waals surface area (Å²) in [5.74, 6) is 0.261. The number of anilines is 1. The van der Waals surface area contributed by atoms with E-state index in [0.717, 1.165) is 11.1 Å². The van der Waals surface area contributed by atoms with Gasteiger partial charge < -0.3 is 10.0 Å². The zero-order valence-corrected chi connectivity index (χ0v) is 14.7. The Morgan fingerprint density at radius 1 is 1.22 bits per heavy atom. The van der Waals surface area contributed by atoms with Gasteiger partial charge >= 0.3 is 0 Å². The molecule has 1 heterocycles. The molecule has 0 bridgehead atoms. The van der Waals surface area contributed by atoms with Crippen LogP contribution in [-0.2, 0) is 7.05 Å². The standard InChI is InChI=1S/C18H25N3O2/c1-11(2)13-7-15(12(3)4)17(22)16(8-13)18(23)21(6)14-9-19-20(5)10-14/h7-12,22H,1-6H3. The highest BCUT2D eigenvalue weighted by Gasteiger charge is 2.23. The third kappa shape index (κ3) is 3.38. The lowest BCUT2D eigenvalue weighted by molar-refractivity contribution is 0.0990. The van der Waals surface area contributed by atoms with Crippen molar-refractivity contribution in [1.82, 2.24) is 9.78 Å². The van der Waals surface area contributed by atoms with Crippen LogP contribution in [0, 0.1) is 0 Å². The van der Waals surface area contributed by atoms with Crippen LogP contribution in [0.25, 0.3) is 0 Å². The fourth-order valence-corrected chi connectivity index (χ4v) is 2.50. The molecule has 0 atom stereocenters. The van der Waals surface area contributed by atoms with Gasteiger partial charge in [0.15, 0.2) is 0 Å². The van der Waals surface area contributed by atoms with Gasteiger partial charge in [-0.1, -0.05) is 33.8 Å². The zero-order valence-electron chi connectivity index (χ0n) is 14.7. The average molecular weight is 315 g/mol. The minimum Gasteiger partial charge on any atom is -0.507 e. The first-order chi connectivity index (χ1) is 10.7. The van der Waals surface area contributed by atoms with Crippen LogP contribution in [0.1, 0.15) is 61.0 Å². The van der Waals surface area contributed by atoms with Crippen molar-refractivity contribution in [3.05, 3.63) is 41.2 Å². The first kappa shape index (κ1) is 17.1. The van der Waals surface area contributed by atoms with Gasteiger partial charge in [0.25, 0.3) is 5.91 Å². The predicted octanol–water partition coefficient (Wildman–Crippen LogP) is 3.65. The number of phenols is 1. The monoisotopic (exact) mass is 315 g/mol. The molecule has 1 aromatic heterocycles. The molecule has 0 fully saturated rings. The fraction of sp³-hybridized carbons (Fsp3) is 0.444. The van der Waals surface area contributed by atoms with Crippen LogP contribution in [0.4, 0.5) is 5.69 Å². The molecule has 5 heteroatoms. The maximum atomic E-state index is 12.9. The number of benzene rings is 1. The fourth-order valence-electron chi connectivity index (χ4n) is 2.50. The molecule has 0 saturated carbocycles. The highest BCUT2D eigenvalue weighted by atomic mass is 16.3. The molecular formula is C18H25N3O2. The van der Waals surface area contributed by atoms with Gasteiger partial charge in [-0.05, 0) is 29.0 Å². The van der Waals surface area contributed by atoms with E-state index in [1.54, 1.807) is 37.2 Å². The lowest BCUT2D eigenvalue weighted by Crippen LogP contribution is -2.26. The molecular weight excluding hydrogens is 290 g/mol. The summed E-state index contributed by atoms with van der Waals surface area (Å²) in [6, 6.07) is 3.78. The Labute approximate surface area is 137 Å². The molecule has 0 spiro atoms. The lowest BCUT2D eigenvalue weighted by atomic mass is 9.91. The third-order valence-corrected chi connectivity index (χ3v) is 4.06. The largest absolute Gasteiger partial charge is 0.507 e. The normalized spacial score (nSPS) is 11.3. The Morgan fingerprint density at radius 3 is 2.35 bits per heavy atom. The van der Waals surface area contributed by atoms with E-state index in [-0.39, 0.29) is 23.5 Å². The molecule has 0 unspecified atom stereocenters. The number of aromatic nitrogens is 2. The van der Waals surface area contributed by atoms with Crippen molar-refractivity contribution in [1.29, 1.82) is 0 Å². The average Bonchev–Trinajstić information content (AvgIpc) is 2.92. The Morgan fingerprint density at radius 2 is 1.87 bits per heavy atom. The first-order valence-electron chi connectivity index (χ1n) is 7.85. The summed E-state index contributed by atoms with van der Waals surface area (Å²) in [7, 11) is 3.49. The van der Waals surface area contributed by atoms with Gasteiger partial charge in [-0.3, -0.25) is 9.48 Å². The third-order valence-electron chi connectivity index (χ3n) is 4.06. The van der Waals surface area contributed by atoms with Gasteiger partial charge in [-0.15, -0.1) is 0 Å². The molecule has 2 rings (SSSR count). The highest BCUT2D eigenvalue weighted by molar-refractivity contribution is 6.07. The van der Waals surface area contributed by atoms with Crippen molar-refractivity contribution in [2.75, 3.05) is 11.9 Å². The Bertz CT molecular complexity index is 717. The molecule has 1 N–H and O–H groups in total. The van der Waals surface area contributed by atoms with Crippen LogP contribution in [-0.4, -0.2) is 27.8 Å². The molecule has 124 valence electrons. The van der Waals surface area contributed by atoms with E-state index >= 15 is 0 Å². The molecule has 0 saturated heterocycles. The Balaban J connectivity index is 2.50. The summed E-state index contributed by atoms with van der Waals surface area (Å²) in [6.07, 6.45) is 3.40. The van der Waals surface area contributed by atoms with E-state index in [9.17, 15) is 9.90 Å². The number of nitrogens with zero attached hydrogens (tertiary/aromatic N) is 3. The molecule has 0 aliphatic heterocycles. The van der Waals surface area contributed by atoms with Crippen LogP contribution in [0.2, 0.25) is 0 Å². The number of amides is 1. The van der Waals surface area contributed by atoms with Crippen molar-refractivity contribution in [3.63, 3.8) is 0 Å². The first-order valence-corrected chi connectivity index (χ1v) is 7.85. The number of carbonyl (C=O) groups is 1. The molecule has 0 radical (unpaired) electrons. The maximum Gasteiger partial charge on any atom is 0.261 e. The van der Waals surface area contributed by atoms with E-state index < -0.39 is 0 Å². The van der Waals surface area contributed by atoms with Crippen molar-refractivity contribution >= 4 is 11.6 Å². The van der Waals surface area contributed by atoms with Gasteiger partial charge in [0.05, 0.1) is 17.4 Å². The van der Waals surface area contributed by atoms with Crippen molar-refractivity contribution in [2.45, 2.75) is 39.5 Å². The zero-order chi connectivity index (χ0) is 17.3. The van der Waals surface area contributed by atoms with E-state index in [0.29, 0.717) is 11.3 Å². The number of aryl methyl sites for hydroxylation is 1. The van der Waals surface area contributed by atoms with Gasteiger partial charge in [0.1, 0.15) is 5.75 Å². The molecule has 1 aromatic carbocycles. The second-order valence-corrected chi connectivity index (χ2v) is 6.55. The van der Waals surface area contributed by atoms with E-state index in [1.807, 2.05) is 19.9 Å². The smallest absolute Gasteiger partial charge is 0.261 e. The molecule has 0 aliphatic carbocycles. The van der Waals surface area contributed by atoms with Crippen LogP contribution in [0.15, 0.2) is 24.5 Å². The highest BCUT2D eigenvalue weighted by Crippen LogP contribution is 2.34. The predicted molar refractivity (Wildman–Crippen MR) is 92.2 cm³/mol. The van der Waals surface area contributed by atoms with E-state index in [4.69, 9.17) is 0 Å². The summed E-state index contributed by atoms with van der Waals surface area (Å²) < 4.78 is 1.64. The summed E-state index contributed by atoms with van der Waals surface area (Å²) in [4.78, 5) is 14.4. The molecule has 23 heavy (non-hydrogen) atoms. The second kappa shape index (κ2) is 6.44. The van der Waals surface area contributed by atoms with Gasteiger partial charge in [0.2, 0.25) is 0 Å². The number of hydrogen-bond donors (Lipinski definition) is 1. The number of carbonyl (C=O) groups excluding carboxylic acids is 1. The number of rotatable bonds is 4. The maximum absolute atomic E-state index is 12.9. The molecule has 0 aliphatic rings. The van der Waals surface area contributed by atoms with Crippen LogP contribution in [0.5, 0.6) is 5.75 Å². The number of phenolic OH excluding ortho intramolecular Hbond substituents is 1. The van der Waals surface area contributed by atoms with Gasteiger partial charge in [-0.2, -0.15) is 5.10 Å².